The van der Waals surface area contributed by atoms with Crippen molar-refractivity contribution >= 4 is 28.3 Å². The van der Waals surface area contributed by atoms with Crippen LogP contribution in [0, 0.1) is 6.92 Å². The van der Waals surface area contributed by atoms with E-state index in [-0.39, 0.29) is 5.69 Å². The molecule has 10 heteroatoms. The van der Waals surface area contributed by atoms with Crippen LogP contribution in [-0.4, -0.2) is 52.9 Å². The second-order valence-corrected chi connectivity index (χ2v) is 8.90. The molecule has 3 heterocycles. The van der Waals surface area contributed by atoms with Crippen molar-refractivity contribution < 1.29 is 14.3 Å². The van der Waals surface area contributed by atoms with Crippen molar-refractivity contribution in [3.8, 4) is 16.9 Å². The molecule has 0 bridgehead atoms. The van der Waals surface area contributed by atoms with Gasteiger partial charge in [-0.05, 0) is 19.1 Å². The first-order chi connectivity index (χ1) is 17.1. The van der Waals surface area contributed by atoms with E-state index < -0.39 is 11.8 Å². The van der Waals surface area contributed by atoms with Crippen LogP contribution in [0.3, 0.4) is 0 Å². The van der Waals surface area contributed by atoms with Crippen LogP contribution >= 0.6 is 11.3 Å². The van der Waals surface area contributed by atoms with Crippen molar-refractivity contribution in [2.75, 3.05) is 31.2 Å². The van der Waals surface area contributed by atoms with Gasteiger partial charge in [-0.15, -0.1) is 11.3 Å². The Morgan fingerprint density at radius 1 is 0.971 bits per heavy atom. The molecule has 35 heavy (non-hydrogen) atoms. The van der Waals surface area contributed by atoms with E-state index in [9.17, 15) is 9.59 Å². The van der Waals surface area contributed by atoms with Gasteiger partial charge in [0.15, 0.2) is 5.13 Å². The number of amides is 2. The van der Waals surface area contributed by atoms with Crippen LogP contribution in [0.25, 0.3) is 16.9 Å². The number of anilines is 1. The molecule has 2 N–H and O–H groups in total. The Kier molecular flexibility index (Phi) is 6.55. The minimum atomic E-state index is -0.485. The number of rotatable bonds is 5. The van der Waals surface area contributed by atoms with Gasteiger partial charge in [-0.2, -0.15) is 5.10 Å². The smallest absolute Gasteiger partial charge is 0.289 e. The predicted molar refractivity (Wildman–Crippen MR) is 134 cm³/mol. The lowest BCUT2D eigenvalue weighted by Gasteiger charge is -2.25. The van der Waals surface area contributed by atoms with E-state index in [1.54, 1.807) is 16.3 Å². The quantitative estimate of drug-likeness (QED) is 0.419. The Balaban J connectivity index is 1.33. The van der Waals surface area contributed by atoms with Gasteiger partial charge in [0.05, 0.1) is 24.5 Å². The van der Waals surface area contributed by atoms with Gasteiger partial charge >= 0.3 is 0 Å². The maximum atomic E-state index is 13.1. The molecule has 0 spiro atoms. The van der Waals surface area contributed by atoms with Gasteiger partial charge in [0.1, 0.15) is 11.4 Å². The standard InChI is InChI=1S/C25H24N6O3S/c1-17-7-9-19(10-8-17)31-15-20(22(29-31)18-5-3-2-4-6-18)23(32)27-28-24(33)21-16-35-25(26-21)30-11-13-34-14-12-30/h2-10,15-16H,11-14H2,1H3,(H,27,32)(H,28,33). The first kappa shape index (κ1) is 22.8. The highest BCUT2D eigenvalue weighted by Gasteiger charge is 2.21. The zero-order chi connectivity index (χ0) is 24.2. The molecule has 2 aromatic carbocycles. The van der Waals surface area contributed by atoms with E-state index in [0.29, 0.717) is 24.5 Å². The van der Waals surface area contributed by atoms with Gasteiger partial charge in [0.25, 0.3) is 11.8 Å². The molecule has 1 aliphatic rings. The van der Waals surface area contributed by atoms with Gasteiger partial charge in [-0.3, -0.25) is 20.4 Å². The summed E-state index contributed by atoms with van der Waals surface area (Å²) in [6.45, 7) is 4.75. The molecule has 178 valence electrons. The molecule has 2 aromatic heterocycles. The number of ether oxygens (including phenoxy) is 1. The maximum Gasteiger partial charge on any atom is 0.289 e. The number of hydrazine groups is 1. The van der Waals surface area contributed by atoms with E-state index in [4.69, 9.17) is 4.74 Å². The van der Waals surface area contributed by atoms with E-state index in [1.165, 1.54) is 11.3 Å². The van der Waals surface area contributed by atoms with Crippen molar-refractivity contribution in [2.24, 2.45) is 0 Å². The first-order valence-corrected chi connectivity index (χ1v) is 12.1. The summed E-state index contributed by atoms with van der Waals surface area (Å²) in [7, 11) is 0. The van der Waals surface area contributed by atoms with Crippen molar-refractivity contribution in [2.45, 2.75) is 6.92 Å². The highest BCUT2D eigenvalue weighted by molar-refractivity contribution is 7.13. The van der Waals surface area contributed by atoms with Crippen molar-refractivity contribution in [1.29, 1.82) is 0 Å². The molecule has 9 nitrogen and oxygen atoms in total. The molecule has 2 amide bonds. The fourth-order valence-electron chi connectivity index (χ4n) is 3.69. The Hall–Kier alpha value is -4.02. The summed E-state index contributed by atoms with van der Waals surface area (Å²) < 4.78 is 7.02. The molecule has 0 unspecified atom stereocenters. The highest BCUT2D eigenvalue weighted by atomic mass is 32.1. The van der Waals surface area contributed by atoms with Crippen LogP contribution in [0.4, 0.5) is 5.13 Å². The Morgan fingerprint density at radius 3 is 2.43 bits per heavy atom. The number of aromatic nitrogens is 3. The largest absolute Gasteiger partial charge is 0.378 e. The van der Waals surface area contributed by atoms with Crippen LogP contribution in [0.5, 0.6) is 0 Å². The fourth-order valence-corrected chi connectivity index (χ4v) is 4.55. The van der Waals surface area contributed by atoms with Crippen LogP contribution < -0.4 is 15.8 Å². The highest BCUT2D eigenvalue weighted by Crippen LogP contribution is 2.24. The number of hydrogen-bond acceptors (Lipinski definition) is 7. The van der Waals surface area contributed by atoms with Gasteiger partial charge in [0, 0.05) is 30.2 Å². The normalized spacial score (nSPS) is 13.5. The summed E-state index contributed by atoms with van der Waals surface area (Å²) in [5.74, 6) is -0.958. The van der Waals surface area contributed by atoms with Gasteiger partial charge in [-0.1, -0.05) is 48.0 Å². The van der Waals surface area contributed by atoms with E-state index in [1.807, 2.05) is 61.5 Å². The number of morpholine rings is 1. The lowest BCUT2D eigenvalue weighted by atomic mass is 10.1. The fraction of sp³-hybridized carbons (Fsp3) is 0.200. The summed E-state index contributed by atoms with van der Waals surface area (Å²) in [5, 5.41) is 7.10. The monoisotopic (exact) mass is 488 g/mol. The van der Waals surface area contributed by atoms with Crippen molar-refractivity contribution in [1.82, 2.24) is 25.6 Å². The number of nitrogens with zero attached hydrogens (tertiary/aromatic N) is 4. The minimum absolute atomic E-state index is 0.246. The summed E-state index contributed by atoms with van der Waals surface area (Å²) in [4.78, 5) is 32.2. The zero-order valence-electron chi connectivity index (χ0n) is 19.1. The zero-order valence-corrected chi connectivity index (χ0v) is 19.9. The molecule has 1 fully saturated rings. The van der Waals surface area contributed by atoms with Crippen LogP contribution in [0.2, 0.25) is 0 Å². The summed E-state index contributed by atoms with van der Waals surface area (Å²) in [6.07, 6.45) is 1.66. The second kappa shape index (κ2) is 10.1. The Labute approximate surface area is 206 Å². The number of carbonyl (C=O) groups excluding carboxylic acids is 2. The van der Waals surface area contributed by atoms with Crippen molar-refractivity contribution in [3.63, 3.8) is 0 Å². The second-order valence-electron chi connectivity index (χ2n) is 8.06. The molecule has 1 saturated heterocycles. The first-order valence-electron chi connectivity index (χ1n) is 11.2. The molecule has 5 rings (SSSR count). The molecular formula is C25H24N6O3S. The minimum Gasteiger partial charge on any atom is -0.378 e. The number of carbonyl (C=O) groups is 2. The third-order valence-electron chi connectivity index (χ3n) is 5.60. The van der Waals surface area contributed by atoms with E-state index >= 15 is 0 Å². The molecule has 0 aliphatic carbocycles. The number of nitrogens with one attached hydrogen (secondary N) is 2. The van der Waals surface area contributed by atoms with Gasteiger partial charge in [0.2, 0.25) is 0 Å². The SMILES string of the molecule is Cc1ccc(-n2cc(C(=O)NNC(=O)c3csc(N4CCOCC4)n3)c(-c3ccccc3)n2)cc1. The van der Waals surface area contributed by atoms with Crippen LogP contribution in [0.1, 0.15) is 26.4 Å². The molecule has 1 aliphatic heterocycles. The summed E-state index contributed by atoms with van der Waals surface area (Å²) in [5.41, 5.74) is 8.83. The lowest BCUT2D eigenvalue weighted by molar-refractivity contribution is 0.0844. The van der Waals surface area contributed by atoms with Gasteiger partial charge < -0.3 is 9.64 Å². The number of benzene rings is 2. The average molecular weight is 489 g/mol. The maximum absolute atomic E-state index is 13.1. The van der Waals surface area contributed by atoms with Crippen LogP contribution in [0.15, 0.2) is 66.2 Å². The molecule has 4 aromatic rings. The number of aryl methyl sites for hydroxylation is 1. The molecular weight excluding hydrogens is 464 g/mol. The predicted octanol–water partition coefficient (Wildman–Crippen LogP) is 3.22. The van der Waals surface area contributed by atoms with E-state index in [2.05, 4.69) is 25.8 Å². The molecule has 0 atom stereocenters. The average Bonchev–Trinajstić information content (AvgIpc) is 3.57. The lowest BCUT2D eigenvalue weighted by Crippen LogP contribution is -2.42. The Bertz CT molecular complexity index is 1330. The molecule has 0 radical (unpaired) electrons. The summed E-state index contributed by atoms with van der Waals surface area (Å²) >= 11 is 1.39. The molecule has 0 saturated carbocycles. The van der Waals surface area contributed by atoms with Crippen LogP contribution in [-0.2, 0) is 4.74 Å². The summed E-state index contributed by atoms with van der Waals surface area (Å²) in [6, 6.07) is 17.3. The third kappa shape index (κ3) is 5.08. The van der Waals surface area contributed by atoms with Crippen molar-refractivity contribution in [3.05, 3.63) is 83.0 Å². The van der Waals surface area contributed by atoms with Gasteiger partial charge in [-0.25, -0.2) is 9.67 Å². The third-order valence-corrected chi connectivity index (χ3v) is 6.50. The topological polar surface area (TPSA) is 101 Å². The Morgan fingerprint density at radius 2 is 1.69 bits per heavy atom. The number of hydrogen-bond donors (Lipinski definition) is 2. The van der Waals surface area contributed by atoms with E-state index in [0.717, 1.165) is 35.0 Å². The number of thiazole rings is 1.